The first-order chi connectivity index (χ1) is 8.99. The minimum atomic E-state index is -0.456. The van der Waals surface area contributed by atoms with E-state index in [0.29, 0.717) is 18.3 Å². The summed E-state index contributed by atoms with van der Waals surface area (Å²) < 4.78 is 13.1. The molecule has 104 valence electrons. The van der Waals surface area contributed by atoms with Crippen LogP contribution in [0.4, 0.5) is 10.1 Å². The number of benzene rings is 1. The van der Waals surface area contributed by atoms with Gasteiger partial charge in [-0.1, -0.05) is 0 Å². The predicted molar refractivity (Wildman–Crippen MR) is 73.4 cm³/mol. The van der Waals surface area contributed by atoms with Crippen molar-refractivity contribution in [2.45, 2.75) is 31.8 Å². The van der Waals surface area contributed by atoms with Gasteiger partial charge in [0.05, 0.1) is 5.56 Å². The lowest BCUT2D eigenvalue weighted by Gasteiger charge is -2.24. The molecule has 0 heterocycles. The Bertz CT molecular complexity index is 474. The molecule has 1 aliphatic carbocycles. The van der Waals surface area contributed by atoms with E-state index in [1.807, 2.05) is 0 Å². The summed E-state index contributed by atoms with van der Waals surface area (Å²) >= 11 is 0. The highest BCUT2D eigenvalue weighted by atomic mass is 19.1. The number of rotatable bonds is 5. The van der Waals surface area contributed by atoms with Gasteiger partial charge in [-0.25, -0.2) is 4.39 Å². The Morgan fingerprint density at radius 3 is 2.89 bits per heavy atom. The van der Waals surface area contributed by atoms with Gasteiger partial charge in [0.25, 0.3) is 5.91 Å². The van der Waals surface area contributed by atoms with Crippen LogP contribution in [0.1, 0.15) is 30.1 Å². The molecule has 0 radical (unpaired) electrons. The van der Waals surface area contributed by atoms with E-state index in [9.17, 15) is 9.18 Å². The van der Waals surface area contributed by atoms with Crippen molar-refractivity contribution >= 4 is 11.6 Å². The monoisotopic (exact) mass is 265 g/mol. The van der Waals surface area contributed by atoms with E-state index in [2.05, 4.69) is 24.2 Å². The molecule has 0 aliphatic heterocycles. The minimum Gasteiger partial charge on any atom is -0.398 e. The van der Waals surface area contributed by atoms with E-state index in [0.717, 1.165) is 0 Å². The van der Waals surface area contributed by atoms with Gasteiger partial charge < -0.3 is 11.1 Å². The Hall–Kier alpha value is -1.62. The molecule has 5 heteroatoms. The Morgan fingerprint density at radius 2 is 2.26 bits per heavy atom. The Labute approximate surface area is 112 Å². The summed E-state index contributed by atoms with van der Waals surface area (Å²) in [5.74, 6) is -0.782. The van der Waals surface area contributed by atoms with Crippen LogP contribution in [0, 0.1) is 5.82 Å². The van der Waals surface area contributed by atoms with Crippen molar-refractivity contribution in [3.05, 3.63) is 29.6 Å². The molecule has 19 heavy (non-hydrogen) atoms. The second-order valence-electron chi connectivity index (χ2n) is 5.19. The summed E-state index contributed by atoms with van der Waals surface area (Å²) in [6.07, 6.45) is 2.46. The van der Waals surface area contributed by atoms with Gasteiger partial charge in [-0.3, -0.25) is 9.69 Å². The second kappa shape index (κ2) is 5.57. The first-order valence-electron chi connectivity index (χ1n) is 6.54. The van der Waals surface area contributed by atoms with E-state index in [-0.39, 0.29) is 17.5 Å². The normalized spacial score (nSPS) is 16.4. The van der Waals surface area contributed by atoms with E-state index in [1.54, 1.807) is 0 Å². The van der Waals surface area contributed by atoms with Gasteiger partial charge in [0.2, 0.25) is 0 Å². The molecule has 0 spiro atoms. The van der Waals surface area contributed by atoms with Crippen molar-refractivity contribution in [2.24, 2.45) is 0 Å². The molecule has 3 N–H and O–H groups in total. The SMILES string of the molecule is CC(CNC(=O)c1cc(F)ccc1N)N(C)C1CC1. The number of nitrogens with two attached hydrogens (primary N) is 1. The summed E-state index contributed by atoms with van der Waals surface area (Å²) in [4.78, 5) is 14.2. The van der Waals surface area contributed by atoms with Crippen molar-refractivity contribution in [1.82, 2.24) is 10.2 Å². The van der Waals surface area contributed by atoms with Crippen LogP contribution in [0.25, 0.3) is 0 Å². The summed E-state index contributed by atoms with van der Waals surface area (Å²) in [6.45, 7) is 2.59. The van der Waals surface area contributed by atoms with Gasteiger partial charge in [0, 0.05) is 24.3 Å². The molecular weight excluding hydrogens is 245 g/mol. The smallest absolute Gasteiger partial charge is 0.253 e. The summed E-state index contributed by atoms with van der Waals surface area (Å²) in [5, 5.41) is 2.80. The minimum absolute atomic E-state index is 0.196. The van der Waals surface area contributed by atoms with Crippen LogP contribution in [0.5, 0.6) is 0 Å². The summed E-state index contributed by atoms with van der Waals surface area (Å²) in [5.41, 5.74) is 6.17. The average molecular weight is 265 g/mol. The molecule has 1 aromatic carbocycles. The number of hydrogen-bond donors (Lipinski definition) is 2. The van der Waals surface area contributed by atoms with Crippen LogP contribution >= 0.6 is 0 Å². The standard InChI is InChI=1S/C14H20FN3O/c1-9(18(2)11-4-5-11)8-17-14(19)12-7-10(15)3-6-13(12)16/h3,6-7,9,11H,4-5,8,16H2,1-2H3,(H,17,19). The molecule has 1 amide bonds. The molecule has 4 nitrogen and oxygen atoms in total. The van der Waals surface area contributed by atoms with Crippen LogP contribution in [-0.4, -0.2) is 36.5 Å². The number of halogens is 1. The van der Waals surface area contributed by atoms with Crippen LogP contribution in [0.15, 0.2) is 18.2 Å². The fourth-order valence-corrected chi connectivity index (χ4v) is 2.05. The van der Waals surface area contributed by atoms with Crippen LogP contribution in [0.2, 0.25) is 0 Å². The molecule has 2 rings (SSSR count). The highest BCUT2D eigenvalue weighted by molar-refractivity contribution is 5.99. The number of nitrogen functional groups attached to an aromatic ring is 1. The molecule has 1 unspecified atom stereocenters. The van der Waals surface area contributed by atoms with Crippen molar-refractivity contribution in [1.29, 1.82) is 0 Å². The number of hydrogen-bond acceptors (Lipinski definition) is 3. The van der Waals surface area contributed by atoms with Crippen molar-refractivity contribution in [2.75, 3.05) is 19.3 Å². The van der Waals surface area contributed by atoms with Crippen LogP contribution < -0.4 is 11.1 Å². The molecular formula is C14H20FN3O. The number of nitrogens with one attached hydrogen (secondary N) is 1. The highest BCUT2D eigenvalue weighted by Gasteiger charge is 2.29. The molecule has 1 fully saturated rings. The first-order valence-corrected chi connectivity index (χ1v) is 6.54. The zero-order chi connectivity index (χ0) is 14.0. The highest BCUT2D eigenvalue weighted by Crippen LogP contribution is 2.26. The fraction of sp³-hybridized carbons (Fsp3) is 0.500. The van der Waals surface area contributed by atoms with Crippen molar-refractivity contribution in [3.8, 4) is 0 Å². The number of carbonyl (C=O) groups is 1. The van der Waals surface area contributed by atoms with Gasteiger partial charge >= 0.3 is 0 Å². The number of likely N-dealkylation sites (N-methyl/N-ethyl adjacent to an activating group) is 1. The van der Waals surface area contributed by atoms with Gasteiger partial charge in [0.15, 0.2) is 0 Å². The van der Waals surface area contributed by atoms with Crippen molar-refractivity contribution < 1.29 is 9.18 Å². The van der Waals surface area contributed by atoms with Crippen molar-refractivity contribution in [3.63, 3.8) is 0 Å². The Kier molecular flexibility index (Phi) is 4.04. The zero-order valence-corrected chi connectivity index (χ0v) is 11.3. The van der Waals surface area contributed by atoms with E-state index >= 15 is 0 Å². The molecule has 1 atom stereocenters. The van der Waals surface area contributed by atoms with E-state index in [1.165, 1.54) is 31.0 Å². The largest absolute Gasteiger partial charge is 0.398 e. The van der Waals surface area contributed by atoms with Crippen LogP contribution in [0.3, 0.4) is 0 Å². The third-order valence-corrected chi connectivity index (χ3v) is 3.64. The van der Waals surface area contributed by atoms with Gasteiger partial charge in [-0.2, -0.15) is 0 Å². The molecule has 1 saturated carbocycles. The second-order valence-corrected chi connectivity index (χ2v) is 5.19. The number of nitrogens with zero attached hydrogens (tertiary/aromatic N) is 1. The lowest BCUT2D eigenvalue weighted by molar-refractivity contribution is 0.0940. The number of carbonyl (C=O) groups excluding carboxylic acids is 1. The van der Waals surface area contributed by atoms with E-state index < -0.39 is 5.82 Å². The maximum atomic E-state index is 13.1. The average Bonchev–Trinajstić information content (AvgIpc) is 3.21. The lowest BCUT2D eigenvalue weighted by Crippen LogP contribution is -2.41. The third-order valence-electron chi connectivity index (χ3n) is 3.64. The maximum Gasteiger partial charge on any atom is 0.253 e. The van der Waals surface area contributed by atoms with E-state index in [4.69, 9.17) is 5.73 Å². The van der Waals surface area contributed by atoms with Gasteiger partial charge in [0.1, 0.15) is 5.82 Å². The van der Waals surface area contributed by atoms with Gasteiger partial charge in [-0.15, -0.1) is 0 Å². The molecule has 0 aromatic heterocycles. The molecule has 0 saturated heterocycles. The Morgan fingerprint density at radius 1 is 1.58 bits per heavy atom. The summed E-state index contributed by atoms with van der Waals surface area (Å²) in [6, 6.07) is 4.72. The lowest BCUT2D eigenvalue weighted by atomic mass is 10.1. The quantitative estimate of drug-likeness (QED) is 0.795. The fourth-order valence-electron chi connectivity index (χ4n) is 2.05. The van der Waals surface area contributed by atoms with Gasteiger partial charge in [-0.05, 0) is 45.0 Å². The van der Waals surface area contributed by atoms with Crippen LogP contribution in [-0.2, 0) is 0 Å². The Balaban J connectivity index is 1.91. The summed E-state index contributed by atoms with van der Waals surface area (Å²) in [7, 11) is 2.06. The zero-order valence-electron chi connectivity index (χ0n) is 11.3. The topological polar surface area (TPSA) is 58.4 Å². The third kappa shape index (κ3) is 3.44. The molecule has 1 aliphatic rings. The first kappa shape index (κ1) is 13.8. The number of anilines is 1. The number of amides is 1. The predicted octanol–water partition coefficient (Wildman–Crippen LogP) is 1.62. The molecule has 1 aromatic rings. The molecule has 0 bridgehead atoms. The maximum absolute atomic E-state index is 13.1.